The van der Waals surface area contributed by atoms with Gasteiger partial charge in [0.15, 0.2) is 0 Å². The van der Waals surface area contributed by atoms with E-state index in [2.05, 4.69) is 24.1 Å². The van der Waals surface area contributed by atoms with E-state index in [1.54, 1.807) is 0 Å². The zero-order chi connectivity index (χ0) is 14.0. The van der Waals surface area contributed by atoms with Crippen molar-refractivity contribution in [1.82, 2.24) is 10.2 Å². The standard InChI is InChI=1S/C15H28N2O2/c1-4-16-15(14(18)19)8-7-13(9-15)17(10-11(2)3)12-5-6-12/h11-13,16H,4-10H2,1-3H3,(H,18,19). The van der Waals surface area contributed by atoms with E-state index in [4.69, 9.17) is 0 Å². The molecule has 19 heavy (non-hydrogen) atoms. The average molecular weight is 268 g/mol. The number of hydrogen-bond donors (Lipinski definition) is 2. The Morgan fingerprint density at radius 3 is 2.53 bits per heavy atom. The molecule has 4 nitrogen and oxygen atoms in total. The van der Waals surface area contributed by atoms with Crippen LogP contribution in [0.3, 0.4) is 0 Å². The van der Waals surface area contributed by atoms with Crippen molar-refractivity contribution in [2.24, 2.45) is 5.92 Å². The summed E-state index contributed by atoms with van der Waals surface area (Å²) in [6.07, 6.45) is 5.14. The van der Waals surface area contributed by atoms with Gasteiger partial charge in [-0.1, -0.05) is 20.8 Å². The molecule has 110 valence electrons. The summed E-state index contributed by atoms with van der Waals surface area (Å²) in [5.74, 6) is -0.0169. The van der Waals surface area contributed by atoms with Crippen LogP contribution in [0, 0.1) is 5.92 Å². The Hall–Kier alpha value is -0.610. The number of likely N-dealkylation sites (N-methyl/N-ethyl adjacent to an activating group) is 1. The molecule has 0 aliphatic heterocycles. The maximum absolute atomic E-state index is 11.6. The Labute approximate surface area is 116 Å². The number of carboxylic acid groups (broad SMARTS) is 1. The summed E-state index contributed by atoms with van der Waals surface area (Å²) >= 11 is 0. The first-order valence-corrected chi connectivity index (χ1v) is 7.72. The molecule has 4 heteroatoms. The number of nitrogens with one attached hydrogen (secondary N) is 1. The highest BCUT2D eigenvalue weighted by molar-refractivity contribution is 5.79. The first kappa shape index (κ1) is 14.8. The van der Waals surface area contributed by atoms with Gasteiger partial charge in [0, 0.05) is 18.6 Å². The Morgan fingerprint density at radius 2 is 2.05 bits per heavy atom. The van der Waals surface area contributed by atoms with Crippen molar-refractivity contribution < 1.29 is 9.90 Å². The Balaban J connectivity index is 2.03. The van der Waals surface area contributed by atoms with Crippen LogP contribution in [0.1, 0.15) is 52.9 Å². The van der Waals surface area contributed by atoms with Crippen LogP contribution in [0.4, 0.5) is 0 Å². The lowest BCUT2D eigenvalue weighted by atomic mass is 9.97. The van der Waals surface area contributed by atoms with Gasteiger partial charge in [0.25, 0.3) is 0 Å². The fraction of sp³-hybridized carbons (Fsp3) is 0.933. The van der Waals surface area contributed by atoms with E-state index < -0.39 is 11.5 Å². The molecule has 2 rings (SSSR count). The summed E-state index contributed by atoms with van der Waals surface area (Å²) < 4.78 is 0. The van der Waals surface area contributed by atoms with Crippen LogP contribution in [0.25, 0.3) is 0 Å². The van der Waals surface area contributed by atoms with Gasteiger partial charge in [-0.2, -0.15) is 0 Å². The molecule has 2 aliphatic carbocycles. The van der Waals surface area contributed by atoms with Gasteiger partial charge >= 0.3 is 5.97 Å². The third-order valence-corrected chi connectivity index (χ3v) is 4.47. The summed E-state index contributed by atoms with van der Waals surface area (Å²) in [7, 11) is 0. The van der Waals surface area contributed by atoms with Gasteiger partial charge in [-0.3, -0.25) is 9.69 Å². The molecule has 0 amide bonds. The summed E-state index contributed by atoms with van der Waals surface area (Å²) in [4.78, 5) is 14.2. The van der Waals surface area contributed by atoms with Crippen molar-refractivity contribution in [3.05, 3.63) is 0 Å². The van der Waals surface area contributed by atoms with Crippen LogP contribution in [0.15, 0.2) is 0 Å². The quantitative estimate of drug-likeness (QED) is 0.742. The highest BCUT2D eigenvalue weighted by Crippen LogP contribution is 2.39. The zero-order valence-corrected chi connectivity index (χ0v) is 12.5. The molecule has 0 aromatic carbocycles. The van der Waals surface area contributed by atoms with Gasteiger partial charge in [-0.05, 0) is 44.6 Å². The monoisotopic (exact) mass is 268 g/mol. The normalized spacial score (nSPS) is 31.3. The van der Waals surface area contributed by atoms with Gasteiger partial charge in [-0.15, -0.1) is 0 Å². The second-order valence-corrected chi connectivity index (χ2v) is 6.64. The lowest BCUT2D eigenvalue weighted by Gasteiger charge is -2.32. The second-order valence-electron chi connectivity index (χ2n) is 6.64. The van der Waals surface area contributed by atoms with Gasteiger partial charge < -0.3 is 10.4 Å². The highest BCUT2D eigenvalue weighted by Gasteiger charge is 2.48. The molecular formula is C15H28N2O2. The van der Waals surface area contributed by atoms with E-state index >= 15 is 0 Å². The predicted octanol–water partition coefficient (Wildman–Crippen LogP) is 2.09. The topological polar surface area (TPSA) is 52.6 Å². The van der Waals surface area contributed by atoms with Crippen molar-refractivity contribution in [2.45, 2.75) is 70.5 Å². The van der Waals surface area contributed by atoms with Crippen LogP contribution >= 0.6 is 0 Å². The van der Waals surface area contributed by atoms with Crippen molar-refractivity contribution in [3.63, 3.8) is 0 Å². The molecule has 0 spiro atoms. The Kier molecular flexibility index (Phi) is 4.51. The number of carbonyl (C=O) groups is 1. The molecule has 0 bridgehead atoms. The highest BCUT2D eigenvalue weighted by atomic mass is 16.4. The van der Waals surface area contributed by atoms with E-state index in [0.717, 1.165) is 38.4 Å². The first-order chi connectivity index (χ1) is 8.98. The van der Waals surface area contributed by atoms with Gasteiger partial charge in [0.2, 0.25) is 0 Å². The third-order valence-electron chi connectivity index (χ3n) is 4.47. The van der Waals surface area contributed by atoms with Crippen LogP contribution < -0.4 is 5.32 Å². The van der Waals surface area contributed by atoms with Crippen molar-refractivity contribution in [3.8, 4) is 0 Å². The van der Waals surface area contributed by atoms with Crippen molar-refractivity contribution >= 4 is 5.97 Å². The summed E-state index contributed by atoms with van der Waals surface area (Å²) in [5.41, 5.74) is -0.677. The lowest BCUT2D eigenvalue weighted by Crippen LogP contribution is -2.51. The molecule has 2 saturated carbocycles. The van der Waals surface area contributed by atoms with E-state index in [-0.39, 0.29) is 0 Å². The second kappa shape index (κ2) is 5.80. The number of hydrogen-bond acceptors (Lipinski definition) is 3. The molecule has 0 radical (unpaired) electrons. The third kappa shape index (κ3) is 3.29. The molecule has 2 unspecified atom stereocenters. The van der Waals surface area contributed by atoms with Crippen LogP contribution in [0.2, 0.25) is 0 Å². The number of rotatable bonds is 7. The minimum atomic E-state index is -0.677. The van der Waals surface area contributed by atoms with Crippen LogP contribution in [0.5, 0.6) is 0 Å². The molecule has 2 aliphatic rings. The van der Waals surface area contributed by atoms with Gasteiger partial charge in [-0.25, -0.2) is 0 Å². The molecule has 0 saturated heterocycles. The van der Waals surface area contributed by atoms with Gasteiger partial charge in [0.1, 0.15) is 5.54 Å². The molecule has 0 aromatic rings. The Bertz CT molecular complexity index is 328. The Morgan fingerprint density at radius 1 is 1.37 bits per heavy atom. The summed E-state index contributed by atoms with van der Waals surface area (Å²) in [6.45, 7) is 8.33. The predicted molar refractivity (Wildman–Crippen MR) is 76.2 cm³/mol. The summed E-state index contributed by atoms with van der Waals surface area (Å²) in [5, 5.41) is 12.8. The molecule has 0 aromatic heterocycles. The van der Waals surface area contributed by atoms with Crippen molar-refractivity contribution in [1.29, 1.82) is 0 Å². The average Bonchev–Trinajstić information content (AvgIpc) is 3.07. The largest absolute Gasteiger partial charge is 0.480 e. The maximum atomic E-state index is 11.6. The number of nitrogens with zero attached hydrogens (tertiary/aromatic N) is 1. The molecular weight excluding hydrogens is 240 g/mol. The van der Waals surface area contributed by atoms with E-state index in [1.807, 2.05) is 6.92 Å². The fourth-order valence-corrected chi connectivity index (χ4v) is 3.50. The first-order valence-electron chi connectivity index (χ1n) is 7.72. The molecule has 0 heterocycles. The maximum Gasteiger partial charge on any atom is 0.323 e. The zero-order valence-electron chi connectivity index (χ0n) is 12.5. The minimum absolute atomic E-state index is 0.449. The summed E-state index contributed by atoms with van der Waals surface area (Å²) in [6, 6.07) is 1.17. The van der Waals surface area contributed by atoms with E-state index in [1.165, 1.54) is 12.8 Å². The lowest BCUT2D eigenvalue weighted by molar-refractivity contribution is -0.144. The van der Waals surface area contributed by atoms with Crippen LogP contribution in [-0.4, -0.2) is 46.7 Å². The van der Waals surface area contributed by atoms with Gasteiger partial charge in [0.05, 0.1) is 0 Å². The molecule has 2 N–H and O–H groups in total. The number of aliphatic carboxylic acids is 1. The minimum Gasteiger partial charge on any atom is -0.480 e. The molecule has 2 atom stereocenters. The van der Waals surface area contributed by atoms with Crippen molar-refractivity contribution in [2.75, 3.05) is 13.1 Å². The van der Waals surface area contributed by atoms with E-state index in [9.17, 15) is 9.90 Å². The SMILES string of the molecule is CCNC1(C(=O)O)CCC(N(CC(C)C)C2CC2)C1. The smallest absolute Gasteiger partial charge is 0.323 e. The fourth-order valence-electron chi connectivity index (χ4n) is 3.50. The molecule has 2 fully saturated rings. The van der Waals surface area contributed by atoms with E-state index in [0.29, 0.717) is 12.0 Å². The number of carboxylic acids is 1. The van der Waals surface area contributed by atoms with Crippen LogP contribution in [-0.2, 0) is 4.79 Å².